The van der Waals surface area contributed by atoms with E-state index in [0.29, 0.717) is 17.6 Å². The van der Waals surface area contributed by atoms with Crippen LogP contribution in [0.15, 0.2) is 237 Å². The lowest BCUT2D eigenvalue weighted by molar-refractivity contribution is 0.721. The molecule has 3 aromatic heterocycles. The molecule has 5 heteroatoms. The zero-order chi connectivity index (χ0) is 45.0. The van der Waals surface area contributed by atoms with E-state index in [1.807, 2.05) is 24.3 Å². The highest BCUT2D eigenvalue weighted by atomic mass is 15.2. The van der Waals surface area contributed by atoms with Gasteiger partial charge in [0.1, 0.15) is 0 Å². The molecule has 2 unspecified atom stereocenters. The fourth-order valence-corrected chi connectivity index (χ4v) is 10.7. The number of hydrogen-bond acceptors (Lipinski definition) is 3. The van der Waals surface area contributed by atoms with Crippen LogP contribution >= 0.6 is 0 Å². The van der Waals surface area contributed by atoms with Gasteiger partial charge in [0, 0.05) is 50.2 Å². The minimum absolute atomic E-state index is 0.00362. The average molecular weight is 872 g/mol. The number of fused-ring (bicyclic) bond motifs is 7. The van der Waals surface area contributed by atoms with Gasteiger partial charge in [0.25, 0.3) is 0 Å². The second kappa shape index (κ2) is 16.6. The second-order valence-electron chi connectivity index (χ2n) is 17.8. The van der Waals surface area contributed by atoms with Crippen LogP contribution in [0.4, 0.5) is 0 Å². The van der Waals surface area contributed by atoms with Crippen LogP contribution in [0.3, 0.4) is 0 Å². The molecule has 2 aliphatic rings. The molecule has 322 valence electrons. The molecule has 3 heterocycles. The van der Waals surface area contributed by atoms with Crippen molar-refractivity contribution in [1.82, 2.24) is 24.1 Å². The van der Waals surface area contributed by atoms with Crippen LogP contribution in [-0.4, -0.2) is 24.1 Å². The molecular weight excluding hydrogens is 827 g/mol. The van der Waals surface area contributed by atoms with Gasteiger partial charge in [-0.15, -0.1) is 0 Å². The fourth-order valence-electron chi connectivity index (χ4n) is 10.7. The first-order valence-corrected chi connectivity index (χ1v) is 23.6. The molecule has 2 aliphatic carbocycles. The van der Waals surface area contributed by atoms with E-state index in [-0.39, 0.29) is 11.8 Å². The molecule has 0 radical (unpaired) electrons. The molecular formula is C63H45N5. The van der Waals surface area contributed by atoms with Gasteiger partial charge < -0.3 is 4.57 Å². The van der Waals surface area contributed by atoms with Crippen molar-refractivity contribution in [2.24, 2.45) is 0 Å². The summed E-state index contributed by atoms with van der Waals surface area (Å²) in [4.78, 5) is 16.0. The average Bonchev–Trinajstić information content (AvgIpc) is 3.95. The number of para-hydroxylation sites is 2. The highest BCUT2D eigenvalue weighted by molar-refractivity contribution is 6.24. The lowest BCUT2D eigenvalue weighted by Gasteiger charge is -2.32. The van der Waals surface area contributed by atoms with Crippen LogP contribution in [0.1, 0.15) is 41.4 Å². The van der Waals surface area contributed by atoms with E-state index >= 15 is 0 Å². The molecule has 0 fully saturated rings. The van der Waals surface area contributed by atoms with Crippen molar-refractivity contribution in [3.8, 4) is 39.9 Å². The normalized spacial score (nSPS) is 15.9. The number of aromatic nitrogens is 5. The van der Waals surface area contributed by atoms with Crippen molar-refractivity contribution < 1.29 is 0 Å². The Bertz CT molecular complexity index is 3830. The van der Waals surface area contributed by atoms with E-state index in [9.17, 15) is 0 Å². The quantitative estimate of drug-likeness (QED) is 0.153. The third kappa shape index (κ3) is 6.74. The third-order valence-corrected chi connectivity index (χ3v) is 13.9. The van der Waals surface area contributed by atoms with Crippen molar-refractivity contribution in [2.75, 3.05) is 0 Å². The maximum absolute atomic E-state index is 5.44. The zero-order valence-electron chi connectivity index (χ0n) is 37.3. The van der Waals surface area contributed by atoms with Crippen LogP contribution in [-0.2, 0) is 0 Å². The van der Waals surface area contributed by atoms with Gasteiger partial charge >= 0.3 is 0 Å². The predicted molar refractivity (Wildman–Crippen MR) is 282 cm³/mol. The number of rotatable bonds is 8. The van der Waals surface area contributed by atoms with Crippen molar-refractivity contribution in [3.63, 3.8) is 0 Å². The Hall–Kier alpha value is -8.67. The first-order valence-electron chi connectivity index (χ1n) is 23.6. The molecule has 5 nitrogen and oxygen atoms in total. The summed E-state index contributed by atoms with van der Waals surface area (Å²) in [7, 11) is 0. The van der Waals surface area contributed by atoms with Gasteiger partial charge in [-0.3, -0.25) is 4.57 Å². The SMILES string of the molecule is C1=CCCC(c2cccc(C3C=CC=C(n4c5ccccc5c5ccc6c7ccccc7n(-c7nc(-c8ccccc8)nc(-c8ccc(-c9ccccc9)cc8)n7)c6c54)C3c3ccccc3)c2)=C1. The van der Waals surface area contributed by atoms with E-state index in [1.54, 1.807) is 0 Å². The summed E-state index contributed by atoms with van der Waals surface area (Å²) in [6, 6.07) is 71.8. The maximum Gasteiger partial charge on any atom is 0.238 e. The summed E-state index contributed by atoms with van der Waals surface area (Å²) in [5, 5.41) is 4.63. The van der Waals surface area contributed by atoms with Crippen molar-refractivity contribution in [3.05, 3.63) is 253 Å². The lowest BCUT2D eigenvalue weighted by atomic mass is 9.76. The monoisotopic (exact) mass is 871 g/mol. The second-order valence-corrected chi connectivity index (χ2v) is 17.8. The Morgan fingerprint density at radius 1 is 0.412 bits per heavy atom. The van der Waals surface area contributed by atoms with E-state index < -0.39 is 0 Å². The Kier molecular flexibility index (Phi) is 9.71. The van der Waals surface area contributed by atoms with Crippen LogP contribution in [0.25, 0.3) is 94.7 Å². The molecule has 0 saturated heterocycles. The summed E-state index contributed by atoms with van der Waals surface area (Å²) in [6.07, 6.45) is 15.9. The van der Waals surface area contributed by atoms with E-state index in [2.05, 4.69) is 222 Å². The minimum atomic E-state index is -0.00362. The van der Waals surface area contributed by atoms with Gasteiger partial charge in [0.2, 0.25) is 5.95 Å². The van der Waals surface area contributed by atoms with E-state index in [0.717, 1.165) is 67.9 Å². The van der Waals surface area contributed by atoms with Gasteiger partial charge in [0.05, 0.1) is 22.1 Å². The Morgan fingerprint density at radius 2 is 0.956 bits per heavy atom. The number of hydrogen-bond donors (Lipinski definition) is 0. The van der Waals surface area contributed by atoms with Gasteiger partial charge in [-0.05, 0) is 64.4 Å². The first-order chi connectivity index (χ1) is 33.7. The highest BCUT2D eigenvalue weighted by Gasteiger charge is 2.33. The van der Waals surface area contributed by atoms with Gasteiger partial charge in [-0.2, -0.15) is 9.97 Å². The number of benzene rings is 8. The summed E-state index contributed by atoms with van der Waals surface area (Å²) >= 11 is 0. The van der Waals surface area contributed by atoms with E-state index in [4.69, 9.17) is 15.0 Å². The topological polar surface area (TPSA) is 48.5 Å². The summed E-state index contributed by atoms with van der Waals surface area (Å²) in [5.41, 5.74) is 15.0. The summed E-state index contributed by atoms with van der Waals surface area (Å²) < 4.78 is 4.85. The summed E-state index contributed by atoms with van der Waals surface area (Å²) in [6.45, 7) is 0. The zero-order valence-corrected chi connectivity index (χ0v) is 37.3. The fraction of sp³-hybridized carbons (Fsp3) is 0.0635. The largest absolute Gasteiger partial charge is 0.310 e. The molecule has 0 spiro atoms. The summed E-state index contributed by atoms with van der Waals surface area (Å²) in [5.74, 6) is 1.87. The smallest absolute Gasteiger partial charge is 0.238 e. The standard InChI is InChI=1S/C63H45N5/c1-5-19-42(20-6-1)44-35-37-47(38-36-44)62-64-61(46-25-11-4-12-26-46)65-63(66-62)68-56-33-16-14-30-52(56)54-40-39-53-51-29-13-15-32-55(51)67(59(53)60(54)68)57-34-18-31-50(58(57)45-23-9-3-10-24-45)49-28-17-27-48(41-49)43-21-7-2-8-22-43/h1-7,9-21,23-41,50,58H,8,22H2. The molecule has 13 rings (SSSR count). The molecule has 0 saturated carbocycles. The lowest BCUT2D eigenvalue weighted by Crippen LogP contribution is -2.18. The van der Waals surface area contributed by atoms with Crippen LogP contribution < -0.4 is 0 Å². The van der Waals surface area contributed by atoms with Gasteiger partial charge in [0.15, 0.2) is 11.6 Å². The Morgan fingerprint density at radius 3 is 1.63 bits per heavy atom. The number of allylic oxidation sites excluding steroid dienone is 8. The van der Waals surface area contributed by atoms with Crippen molar-refractivity contribution in [2.45, 2.75) is 24.7 Å². The highest BCUT2D eigenvalue weighted by Crippen LogP contribution is 2.49. The van der Waals surface area contributed by atoms with Crippen LogP contribution in [0, 0.1) is 0 Å². The van der Waals surface area contributed by atoms with Crippen LogP contribution in [0.2, 0.25) is 0 Å². The van der Waals surface area contributed by atoms with Crippen molar-refractivity contribution in [1.29, 1.82) is 0 Å². The van der Waals surface area contributed by atoms with Gasteiger partial charge in [-0.25, -0.2) is 4.98 Å². The molecule has 0 aliphatic heterocycles. The molecule has 0 amide bonds. The van der Waals surface area contributed by atoms with Crippen molar-refractivity contribution >= 4 is 54.9 Å². The Balaban J connectivity index is 1.07. The Labute approximate surface area is 395 Å². The van der Waals surface area contributed by atoms with Crippen LogP contribution in [0.5, 0.6) is 0 Å². The minimum Gasteiger partial charge on any atom is -0.310 e. The molecule has 0 N–H and O–H groups in total. The third-order valence-electron chi connectivity index (χ3n) is 13.9. The molecule has 8 aromatic carbocycles. The van der Waals surface area contributed by atoms with E-state index in [1.165, 1.54) is 38.7 Å². The first kappa shape index (κ1) is 39.7. The molecule has 0 bridgehead atoms. The predicted octanol–water partition coefficient (Wildman–Crippen LogP) is 15.8. The molecule has 2 atom stereocenters. The maximum atomic E-state index is 5.44. The molecule has 68 heavy (non-hydrogen) atoms. The van der Waals surface area contributed by atoms with Gasteiger partial charge in [-0.1, -0.05) is 218 Å². The molecule has 11 aromatic rings. The number of nitrogens with zero attached hydrogens (tertiary/aromatic N) is 5.